The lowest BCUT2D eigenvalue weighted by Crippen LogP contribution is -2.41. The van der Waals surface area contributed by atoms with Gasteiger partial charge < -0.3 is 10.2 Å². The van der Waals surface area contributed by atoms with Gasteiger partial charge in [0.2, 0.25) is 5.91 Å². The summed E-state index contributed by atoms with van der Waals surface area (Å²) in [6, 6.07) is 17.3. The second-order valence-corrected chi connectivity index (χ2v) is 11.5. The van der Waals surface area contributed by atoms with Crippen LogP contribution in [0.3, 0.4) is 0 Å². The number of carbonyl (C=O) groups excluding carboxylic acids is 1. The highest BCUT2D eigenvalue weighted by Gasteiger charge is 2.27. The molecule has 1 saturated heterocycles. The van der Waals surface area contributed by atoms with Crippen LogP contribution in [0.1, 0.15) is 12.8 Å². The maximum absolute atomic E-state index is 13.0. The first-order chi connectivity index (χ1) is 17.9. The maximum atomic E-state index is 13.0. The highest BCUT2D eigenvalue weighted by molar-refractivity contribution is 7.93. The number of thiazole rings is 1. The first-order valence-electron chi connectivity index (χ1n) is 11.6. The lowest BCUT2D eigenvalue weighted by atomic mass is 9.97. The molecule has 4 aromatic rings. The van der Waals surface area contributed by atoms with Crippen molar-refractivity contribution in [3.63, 3.8) is 0 Å². The van der Waals surface area contributed by atoms with Gasteiger partial charge in [-0.3, -0.25) is 9.52 Å². The van der Waals surface area contributed by atoms with Crippen LogP contribution < -0.4 is 14.9 Å². The van der Waals surface area contributed by atoms with E-state index in [-0.39, 0.29) is 16.7 Å². The number of hydrogen-bond acceptors (Lipinski definition) is 8. The summed E-state index contributed by atoms with van der Waals surface area (Å²) in [7, 11) is -3.75. The van der Waals surface area contributed by atoms with E-state index in [2.05, 4.69) is 30.1 Å². The van der Waals surface area contributed by atoms with Crippen molar-refractivity contribution in [3.8, 4) is 11.3 Å². The molecule has 2 N–H and O–H groups in total. The molecule has 3 heterocycles. The molecule has 0 radical (unpaired) electrons. The van der Waals surface area contributed by atoms with Gasteiger partial charge in [-0.1, -0.05) is 23.7 Å². The number of halogens is 1. The SMILES string of the molecule is O=C(Nc1ccc(S(=O)(=O)Nc2nccs2)cc1)C1CCCN(c2ccc(-c3ccc(Cl)cc3)nn2)C1. The molecule has 1 unspecified atom stereocenters. The quantitative estimate of drug-likeness (QED) is 0.333. The van der Waals surface area contributed by atoms with Gasteiger partial charge in [-0.2, -0.15) is 0 Å². The van der Waals surface area contributed by atoms with Crippen molar-refractivity contribution >= 4 is 55.5 Å². The number of amides is 1. The van der Waals surface area contributed by atoms with Gasteiger partial charge in [-0.25, -0.2) is 13.4 Å². The van der Waals surface area contributed by atoms with Gasteiger partial charge >= 0.3 is 0 Å². The van der Waals surface area contributed by atoms with E-state index in [9.17, 15) is 13.2 Å². The number of carbonyl (C=O) groups is 1. The Balaban J connectivity index is 1.20. The number of sulfonamides is 1. The fourth-order valence-corrected chi connectivity index (χ4v) is 5.99. The minimum absolute atomic E-state index is 0.0881. The summed E-state index contributed by atoms with van der Waals surface area (Å²) in [6.45, 7) is 1.31. The summed E-state index contributed by atoms with van der Waals surface area (Å²) in [5.74, 6) is 0.367. The number of hydrogen-bond donors (Lipinski definition) is 2. The topological polar surface area (TPSA) is 117 Å². The minimum atomic E-state index is -3.75. The van der Waals surface area contributed by atoms with Crippen LogP contribution in [0, 0.1) is 5.92 Å². The van der Waals surface area contributed by atoms with E-state index in [0.717, 1.165) is 36.5 Å². The smallest absolute Gasteiger partial charge is 0.263 e. The van der Waals surface area contributed by atoms with Crippen molar-refractivity contribution in [1.82, 2.24) is 15.2 Å². The molecule has 1 amide bonds. The molecule has 1 atom stereocenters. The Bertz CT molecular complexity index is 1460. The molecule has 1 fully saturated rings. The molecule has 5 rings (SSSR count). The van der Waals surface area contributed by atoms with Gasteiger partial charge in [-0.05, 0) is 61.4 Å². The molecule has 12 heteroatoms. The zero-order valence-corrected chi connectivity index (χ0v) is 21.9. The fourth-order valence-electron chi connectivity index (χ4n) is 4.08. The standard InChI is InChI=1S/C25H23ClN6O3S2/c26-19-5-3-17(4-6-19)22-11-12-23(30-29-22)32-14-1-2-18(16-32)24(33)28-20-7-9-21(10-8-20)37(34,35)31-25-27-13-15-36-25/h3-13,15,18H,1-2,14,16H2,(H,27,31)(H,28,33). The molecule has 9 nitrogen and oxygen atoms in total. The second kappa shape index (κ2) is 10.8. The fraction of sp³-hybridized carbons (Fsp3) is 0.200. The Kier molecular flexibility index (Phi) is 7.36. The van der Waals surface area contributed by atoms with Crippen LogP contribution in [-0.4, -0.2) is 42.6 Å². The van der Waals surface area contributed by atoms with Gasteiger partial charge in [0.05, 0.1) is 16.5 Å². The number of anilines is 3. The molecule has 1 aliphatic rings. The summed E-state index contributed by atoms with van der Waals surface area (Å²) in [6.07, 6.45) is 3.12. The van der Waals surface area contributed by atoms with Gasteiger partial charge in [0.25, 0.3) is 10.0 Å². The number of benzene rings is 2. The van der Waals surface area contributed by atoms with Crippen molar-refractivity contribution in [2.75, 3.05) is 28.0 Å². The first-order valence-corrected chi connectivity index (χ1v) is 14.3. The molecule has 1 aliphatic heterocycles. The van der Waals surface area contributed by atoms with Crippen molar-refractivity contribution in [1.29, 1.82) is 0 Å². The normalized spacial score (nSPS) is 15.8. The van der Waals surface area contributed by atoms with Crippen LogP contribution in [-0.2, 0) is 14.8 Å². The summed E-state index contributed by atoms with van der Waals surface area (Å²) in [5.41, 5.74) is 2.21. The third-order valence-corrected chi connectivity index (χ3v) is 8.42. The summed E-state index contributed by atoms with van der Waals surface area (Å²) in [4.78, 5) is 19.1. The Morgan fingerprint density at radius 2 is 1.81 bits per heavy atom. The van der Waals surface area contributed by atoms with Crippen molar-refractivity contribution in [2.24, 2.45) is 5.92 Å². The van der Waals surface area contributed by atoms with Crippen LogP contribution in [0.25, 0.3) is 11.3 Å². The molecule has 0 aliphatic carbocycles. The number of nitrogens with one attached hydrogen (secondary N) is 2. The van der Waals surface area contributed by atoms with Crippen LogP contribution in [0.4, 0.5) is 16.6 Å². The minimum Gasteiger partial charge on any atom is -0.354 e. The Hall–Kier alpha value is -3.54. The Labute approximate surface area is 223 Å². The van der Waals surface area contributed by atoms with Crippen LogP contribution in [0.5, 0.6) is 0 Å². The molecule has 2 aromatic carbocycles. The summed E-state index contributed by atoms with van der Waals surface area (Å²) < 4.78 is 27.5. The highest BCUT2D eigenvalue weighted by Crippen LogP contribution is 2.26. The number of piperidine rings is 1. The van der Waals surface area contributed by atoms with E-state index < -0.39 is 10.0 Å². The average Bonchev–Trinajstić information content (AvgIpc) is 3.42. The summed E-state index contributed by atoms with van der Waals surface area (Å²) in [5, 5.41) is 14.3. The van der Waals surface area contributed by atoms with Crippen molar-refractivity contribution < 1.29 is 13.2 Å². The second-order valence-electron chi connectivity index (χ2n) is 8.53. The number of aromatic nitrogens is 3. The lowest BCUT2D eigenvalue weighted by molar-refractivity contribution is -0.120. The molecular weight excluding hydrogens is 532 g/mol. The molecule has 2 aromatic heterocycles. The zero-order valence-electron chi connectivity index (χ0n) is 19.5. The Morgan fingerprint density at radius 3 is 2.49 bits per heavy atom. The molecule has 0 spiro atoms. The van der Waals surface area contributed by atoms with E-state index in [4.69, 9.17) is 11.6 Å². The Morgan fingerprint density at radius 1 is 1.03 bits per heavy atom. The number of rotatable bonds is 7. The molecule has 190 valence electrons. The predicted octanol–water partition coefficient (Wildman–Crippen LogP) is 4.91. The molecule has 0 bridgehead atoms. The predicted molar refractivity (Wildman–Crippen MR) is 145 cm³/mol. The monoisotopic (exact) mass is 554 g/mol. The maximum Gasteiger partial charge on any atom is 0.263 e. The van der Waals surface area contributed by atoms with E-state index in [1.165, 1.54) is 29.7 Å². The van der Waals surface area contributed by atoms with Crippen LogP contribution in [0.2, 0.25) is 5.02 Å². The van der Waals surface area contributed by atoms with Gasteiger partial charge in [-0.15, -0.1) is 21.5 Å². The largest absolute Gasteiger partial charge is 0.354 e. The van der Waals surface area contributed by atoms with Crippen LogP contribution in [0.15, 0.2) is 77.1 Å². The van der Waals surface area contributed by atoms with E-state index in [1.54, 1.807) is 17.5 Å². The van der Waals surface area contributed by atoms with Gasteiger partial charge in [0, 0.05) is 40.9 Å². The van der Waals surface area contributed by atoms with Crippen molar-refractivity contribution in [2.45, 2.75) is 17.7 Å². The van der Waals surface area contributed by atoms with Gasteiger partial charge in [0.15, 0.2) is 10.9 Å². The first kappa shape index (κ1) is 25.1. The van der Waals surface area contributed by atoms with Gasteiger partial charge in [0.1, 0.15) is 0 Å². The number of nitrogens with zero attached hydrogens (tertiary/aromatic N) is 4. The third kappa shape index (κ3) is 6.07. The van der Waals surface area contributed by atoms with Crippen LogP contribution >= 0.6 is 22.9 Å². The molecular formula is C25H23ClN6O3S2. The van der Waals surface area contributed by atoms with Crippen molar-refractivity contribution in [3.05, 3.63) is 77.3 Å². The molecule has 37 heavy (non-hydrogen) atoms. The third-order valence-electron chi connectivity index (χ3n) is 5.99. The van der Waals surface area contributed by atoms with E-state index in [1.807, 2.05) is 36.4 Å². The average molecular weight is 555 g/mol. The van der Waals surface area contributed by atoms with E-state index in [0.29, 0.717) is 22.4 Å². The summed E-state index contributed by atoms with van der Waals surface area (Å²) >= 11 is 7.16. The highest BCUT2D eigenvalue weighted by atomic mass is 35.5. The molecule has 0 saturated carbocycles. The zero-order chi connectivity index (χ0) is 25.8. The van der Waals surface area contributed by atoms with E-state index >= 15 is 0 Å². The lowest BCUT2D eigenvalue weighted by Gasteiger charge is -2.32.